The number of nitrogens with one attached hydrogen (secondary N) is 3. The summed E-state index contributed by atoms with van der Waals surface area (Å²) in [4.78, 5) is 75.0. The van der Waals surface area contributed by atoms with E-state index >= 15 is 0 Å². The molecule has 6 fully saturated rings. The van der Waals surface area contributed by atoms with Crippen LogP contribution in [0.3, 0.4) is 0 Å². The number of aliphatic hydroxyl groups excluding tert-OH is 1. The maximum atomic E-state index is 13.4. The molecule has 2 atom stereocenters. The zero-order chi connectivity index (χ0) is 103. The number of piperidine rings is 1. The number of carbonyl (C=O) groups is 4. The van der Waals surface area contributed by atoms with Gasteiger partial charge in [0.2, 0.25) is 60.5 Å². The Bertz CT molecular complexity index is 7710. The maximum absolute atomic E-state index is 13.4. The monoisotopic (exact) mass is 2080 g/mol. The van der Waals surface area contributed by atoms with Gasteiger partial charge in [-0.15, -0.1) is 8.78 Å². The number of fused-ring (bicyclic) bond motifs is 4. The van der Waals surface area contributed by atoms with Crippen LogP contribution >= 0.6 is 0 Å². The highest BCUT2D eigenvalue weighted by atomic mass is 32.2. The number of β-amino-alcohol motifs (C(OH)–C–C–N with tert-alkyl or cyclic N) is 1. The summed E-state index contributed by atoms with van der Waals surface area (Å²) >= 11 is 0. The van der Waals surface area contributed by atoms with E-state index in [0.717, 1.165) is 109 Å². The second kappa shape index (κ2) is 41.7. The summed E-state index contributed by atoms with van der Waals surface area (Å²) in [5.41, 5.74) is 10.6. The zero-order valence-corrected chi connectivity index (χ0v) is 84.2. The Hall–Kier alpha value is -13.9. The molecule has 4 aliphatic carbocycles. The van der Waals surface area contributed by atoms with E-state index in [0.29, 0.717) is 136 Å². The van der Waals surface area contributed by atoms with Crippen molar-refractivity contribution in [3.63, 3.8) is 0 Å². The van der Waals surface area contributed by atoms with Crippen LogP contribution in [-0.4, -0.2) is 169 Å². The normalized spacial score (nSPS) is 18.3. The molecular weight excluding hydrogens is 1980 g/mol. The topological polar surface area (TPSA) is 406 Å². The van der Waals surface area contributed by atoms with Gasteiger partial charge in [-0.1, -0.05) is 109 Å². The van der Waals surface area contributed by atoms with Gasteiger partial charge in [0.1, 0.15) is 28.9 Å². The van der Waals surface area contributed by atoms with Crippen molar-refractivity contribution in [3.8, 4) is 91.0 Å². The van der Waals surface area contributed by atoms with Crippen molar-refractivity contribution in [1.82, 2.24) is 43.3 Å². The Labute approximate surface area is 855 Å². The molecule has 10 aliphatic rings. The molecule has 5 aromatic heterocycles. The first kappa shape index (κ1) is 101. The van der Waals surface area contributed by atoms with Crippen molar-refractivity contribution in [1.29, 1.82) is 0 Å². The molecule has 148 heavy (non-hydrogen) atoms. The van der Waals surface area contributed by atoms with Crippen LogP contribution in [0.5, 0.6) is 46.0 Å². The zero-order valence-electron chi connectivity index (χ0n) is 81.0. The first-order valence-electron chi connectivity index (χ1n) is 49.0. The second-order valence-corrected chi connectivity index (χ2v) is 46.0. The third kappa shape index (κ3) is 22.7. The molecule has 13 aromatic rings. The minimum Gasteiger partial charge on any atom is -0.468 e. The molecular formula is C111H107F2N9O22S4. The van der Waals surface area contributed by atoms with E-state index in [2.05, 4.69) is 40.6 Å². The van der Waals surface area contributed by atoms with Gasteiger partial charge in [-0.2, -0.15) is 4.31 Å². The Morgan fingerprint density at radius 3 is 1.14 bits per heavy atom. The standard InChI is InChI=1S/C30H33N3O5S.C28H28N2O6S.C28H24N2O6S.C25H22F2N2O5S/c1-33-17-3-5-24(33)13-16-31-39(35,36)25-10-7-21(8-11-25)26-6-2-4-23(32-26)19-29(34)30(14-15-30)22-9-12-27-28(18-22)38-20-37-27;31-22-4-2-14-30(17-22)37(33,34)23-9-6-19(7-10-23)24-5-1-3-21(29-24)16-27(32)28(12-13-28)20-8-11-25-26(15-20)36-18-35-25;31-27(28(12-13-28)20-8-11-25-26(15-20)36-18-35-25)16-21-3-1-5-24(30-21)19-6-9-23(10-7-19)37(32,33)29-17-22-4-2-14-34-22;1-35(31,32)28-15-16-5-7-17(8-6-16)20-4-2-3-19(29-20)14-23(30)24(11-12-24)18-9-10-21-22(13-18)34-25(26,27)33-21/h2,4,6-12,18,24,31H,3,5,13-17,19-20H2,1H3;1,3,5-11,15,22,31H,2,4,12-14,16-18H2;1-11,14-15,29H,12-13,16-18H2;2-10,13,28H,11-12,14-15H2,1H3. The molecule has 4 N–H and O–H groups in total. The highest BCUT2D eigenvalue weighted by molar-refractivity contribution is 7.90. The van der Waals surface area contributed by atoms with Gasteiger partial charge in [0.05, 0.1) is 84.3 Å². The minimum atomic E-state index is -3.70. The lowest BCUT2D eigenvalue weighted by atomic mass is 9.88. The van der Waals surface area contributed by atoms with Gasteiger partial charge in [0.15, 0.2) is 46.0 Å². The van der Waals surface area contributed by atoms with E-state index in [-0.39, 0.29) is 115 Å². The molecule has 0 amide bonds. The molecule has 6 aliphatic heterocycles. The summed E-state index contributed by atoms with van der Waals surface area (Å²) < 4.78 is 182. The average molecular weight is 2090 g/mol. The number of aromatic nitrogens is 4. The van der Waals surface area contributed by atoms with Crippen LogP contribution in [-0.2, 0) is 120 Å². The molecule has 2 saturated heterocycles. The van der Waals surface area contributed by atoms with Crippen LogP contribution in [0.4, 0.5) is 8.78 Å². The summed E-state index contributed by atoms with van der Waals surface area (Å²) in [5, 5.41) is 9.88. The van der Waals surface area contributed by atoms with Gasteiger partial charge in [0.25, 0.3) is 0 Å². The van der Waals surface area contributed by atoms with Crippen LogP contribution in [0.25, 0.3) is 45.0 Å². The van der Waals surface area contributed by atoms with Crippen LogP contribution in [0, 0.1) is 0 Å². The van der Waals surface area contributed by atoms with E-state index in [9.17, 15) is 66.7 Å². The lowest BCUT2D eigenvalue weighted by molar-refractivity contribution is -0.286. The summed E-state index contributed by atoms with van der Waals surface area (Å²) in [7, 11) is -12.1. The van der Waals surface area contributed by atoms with E-state index < -0.39 is 74.2 Å². The number of alkyl halides is 2. The molecule has 23 rings (SSSR count). The van der Waals surface area contributed by atoms with Crippen LogP contribution in [0.1, 0.15) is 140 Å². The number of aliphatic hydroxyl groups is 1. The predicted molar refractivity (Wildman–Crippen MR) is 541 cm³/mol. The third-order valence-corrected chi connectivity index (χ3v) is 34.2. The molecule has 4 saturated carbocycles. The number of ketones is 4. The van der Waals surface area contributed by atoms with Gasteiger partial charge in [0, 0.05) is 103 Å². The maximum Gasteiger partial charge on any atom is 0.586 e. The van der Waals surface area contributed by atoms with Crippen LogP contribution in [0.2, 0.25) is 0 Å². The summed E-state index contributed by atoms with van der Waals surface area (Å²) in [6.45, 7) is 2.90. The molecule has 2 unspecified atom stereocenters. The van der Waals surface area contributed by atoms with E-state index in [1.807, 2.05) is 146 Å². The van der Waals surface area contributed by atoms with Crippen molar-refractivity contribution in [2.24, 2.45) is 0 Å². The van der Waals surface area contributed by atoms with Gasteiger partial charge in [-0.3, -0.25) is 39.1 Å². The number of Topliss-reactive ketones (excluding diaryl/α,β-unsaturated/α-hetero) is 4. The van der Waals surface area contributed by atoms with Gasteiger partial charge in [-0.25, -0.2) is 47.8 Å². The lowest BCUT2D eigenvalue weighted by Crippen LogP contribution is -2.42. The van der Waals surface area contributed by atoms with Gasteiger partial charge in [-0.05, 0) is 270 Å². The van der Waals surface area contributed by atoms with Crippen molar-refractivity contribution in [2.75, 3.05) is 59.9 Å². The van der Waals surface area contributed by atoms with Crippen molar-refractivity contribution in [2.45, 2.75) is 177 Å². The number of furan rings is 1. The molecule has 8 aromatic carbocycles. The number of pyridine rings is 4. The van der Waals surface area contributed by atoms with E-state index in [1.165, 1.54) is 41.3 Å². The number of benzene rings is 8. The number of hydrogen-bond acceptors (Lipinski definition) is 27. The van der Waals surface area contributed by atoms with Gasteiger partial charge < -0.3 is 52.3 Å². The minimum absolute atomic E-state index is 0.0324. The number of rotatable bonds is 34. The van der Waals surface area contributed by atoms with Crippen LogP contribution < -0.4 is 52.1 Å². The first-order chi connectivity index (χ1) is 71.1. The quantitative estimate of drug-likeness (QED) is 0.0291. The fraction of sp³-hybridized carbons (Fsp3) is 0.315. The molecule has 0 bridgehead atoms. The predicted octanol–water partition coefficient (Wildman–Crippen LogP) is 15.9. The summed E-state index contributed by atoms with van der Waals surface area (Å²) in [6, 6.07) is 74.9. The van der Waals surface area contributed by atoms with Gasteiger partial charge >= 0.3 is 6.29 Å². The summed E-state index contributed by atoms with van der Waals surface area (Å²) in [5.74, 6) is 4.94. The second-order valence-electron chi connectivity index (χ2n) is 38.7. The highest BCUT2D eigenvalue weighted by Gasteiger charge is 2.55. The number of carbonyl (C=O) groups excluding carboxylic acids is 4. The molecule has 766 valence electrons. The van der Waals surface area contributed by atoms with Crippen molar-refractivity contribution < 1.29 is 109 Å². The fourth-order valence-electron chi connectivity index (χ4n) is 19.7. The smallest absolute Gasteiger partial charge is 0.468 e. The fourth-order valence-corrected chi connectivity index (χ4v) is 23.7. The molecule has 0 radical (unpaired) electrons. The number of nitrogens with zero attached hydrogens (tertiary/aromatic N) is 6. The van der Waals surface area contributed by atoms with E-state index in [1.54, 1.807) is 84.9 Å². The number of likely N-dealkylation sites (tertiary alicyclic amines) is 1. The van der Waals surface area contributed by atoms with Crippen LogP contribution in [0.15, 0.2) is 280 Å². The largest absolute Gasteiger partial charge is 0.586 e. The Morgan fingerprint density at radius 2 is 0.764 bits per heavy atom. The Balaban J connectivity index is 0.000000120. The Morgan fingerprint density at radius 1 is 0.399 bits per heavy atom. The number of sulfonamides is 4. The molecule has 11 heterocycles. The molecule has 37 heteroatoms. The van der Waals surface area contributed by atoms with E-state index in [4.69, 9.17) is 47.8 Å². The number of ether oxygens (including phenoxy) is 8. The highest BCUT2D eigenvalue weighted by Crippen LogP contribution is 2.56. The SMILES string of the molecule is CN1CCCC1CCNS(=O)(=O)c1ccc(-c2cccc(CC(=O)C3(c4ccc5c(c4)OCO5)CC3)n2)cc1.CS(=O)(=O)NCc1ccc(-c2cccc(CC(=O)C3(c4ccc5c(c4)OC(F)(F)O5)CC3)n2)cc1.O=C(Cc1cccc(-c2ccc(S(=O)(=O)N3CCCC(O)C3)cc2)n1)C1(c2ccc3c(c2)OCO3)CC1.O=C(Cc1cccc(-c2ccc(S(=O)(=O)NCc3ccco3)cc2)n1)C1(c2ccc3c(c2)OCO3)CC1. The van der Waals surface area contributed by atoms with Crippen molar-refractivity contribution in [3.05, 3.63) is 317 Å². The summed E-state index contributed by atoms with van der Waals surface area (Å²) in [6.07, 6.45) is 9.47. The number of halogens is 2. The Kier molecular flexibility index (Phi) is 28.6. The average Bonchev–Trinajstić information content (AvgIpc) is 1.58. The molecule has 31 nitrogen and oxygen atoms in total. The lowest BCUT2D eigenvalue weighted by Gasteiger charge is -2.29. The van der Waals surface area contributed by atoms with Crippen molar-refractivity contribution >= 4 is 63.2 Å². The third-order valence-electron chi connectivity index (χ3n) is 28.8. The number of hydrogen-bond donors (Lipinski definition) is 4. The first-order valence-corrected chi connectivity index (χ1v) is 55.3. The molecule has 0 spiro atoms.